The second-order valence-corrected chi connectivity index (χ2v) is 3.12. The third kappa shape index (κ3) is 1.22. The lowest BCUT2D eigenvalue weighted by Gasteiger charge is -2.08. The number of anilines is 1. The van der Waals surface area contributed by atoms with Gasteiger partial charge in [-0.25, -0.2) is 0 Å². The number of amides is 1. The van der Waals surface area contributed by atoms with Crippen molar-refractivity contribution in [3.63, 3.8) is 0 Å². The van der Waals surface area contributed by atoms with Crippen LogP contribution < -0.4 is 4.90 Å². The maximum atomic E-state index is 10.6. The highest BCUT2D eigenvalue weighted by atomic mass is 16.6. The number of carbonyl (C=O) groups excluding carboxylic acids is 1. The smallest absolute Gasteiger partial charge is 0.269 e. The summed E-state index contributed by atoms with van der Waals surface area (Å²) in [4.78, 5) is 22.2. The quantitative estimate of drug-likeness (QED) is 0.400. The molecule has 1 aromatic carbocycles. The zero-order chi connectivity index (χ0) is 10.1. The SMILES string of the molecule is O=CN1CCc2cc([N+](=O)[O-])ccc21. The molecule has 0 saturated heterocycles. The highest BCUT2D eigenvalue weighted by molar-refractivity contribution is 5.80. The number of nitro groups is 1. The van der Waals surface area contributed by atoms with Gasteiger partial charge in [0.05, 0.1) is 4.92 Å². The van der Waals surface area contributed by atoms with Gasteiger partial charge in [0.15, 0.2) is 0 Å². The molecule has 1 aromatic rings. The van der Waals surface area contributed by atoms with Gasteiger partial charge < -0.3 is 4.90 Å². The first-order valence-corrected chi connectivity index (χ1v) is 4.21. The summed E-state index contributed by atoms with van der Waals surface area (Å²) < 4.78 is 0. The fourth-order valence-corrected chi connectivity index (χ4v) is 1.64. The summed E-state index contributed by atoms with van der Waals surface area (Å²) in [5, 5.41) is 10.5. The molecule has 5 nitrogen and oxygen atoms in total. The van der Waals surface area contributed by atoms with Crippen LogP contribution in [0.4, 0.5) is 11.4 Å². The number of carbonyl (C=O) groups is 1. The minimum Gasteiger partial charge on any atom is -0.314 e. The van der Waals surface area contributed by atoms with Crippen LogP contribution in [0.5, 0.6) is 0 Å². The van der Waals surface area contributed by atoms with Crippen LogP contribution in [0.2, 0.25) is 0 Å². The summed E-state index contributed by atoms with van der Waals surface area (Å²) in [6.45, 7) is 0.611. The van der Waals surface area contributed by atoms with Gasteiger partial charge in [-0.05, 0) is 18.1 Å². The Labute approximate surface area is 80.1 Å². The zero-order valence-electron chi connectivity index (χ0n) is 7.34. The number of fused-ring (bicyclic) bond motifs is 1. The lowest BCUT2D eigenvalue weighted by Crippen LogP contribution is -2.17. The highest BCUT2D eigenvalue weighted by Gasteiger charge is 2.20. The van der Waals surface area contributed by atoms with Crippen molar-refractivity contribution in [1.29, 1.82) is 0 Å². The van der Waals surface area contributed by atoms with Crippen LogP contribution >= 0.6 is 0 Å². The van der Waals surface area contributed by atoms with Crippen molar-refractivity contribution >= 4 is 17.8 Å². The Morgan fingerprint density at radius 3 is 2.93 bits per heavy atom. The van der Waals surface area contributed by atoms with Gasteiger partial charge in [0.25, 0.3) is 5.69 Å². The first-order chi connectivity index (χ1) is 6.72. The number of non-ortho nitro benzene ring substituents is 1. The summed E-state index contributed by atoms with van der Waals surface area (Å²) in [6.07, 6.45) is 1.44. The fraction of sp³-hybridized carbons (Fsp3) is 0.222. The molecular formula is C9H8N2O3. The van der Waals surface area contributed by atoms with E-state index in [1.807, 2.05) is 0 Å². The minimum atomic E-state index is -0.427. The predicted molar refractivity (Wildman–Crippen MR) is 50.2 cm³/mol. The third-order valence-corrected chi connectivity index (χ3v) is 2.33. The Kier molecular flexibility index (Phi) is 1.92. The van der Waals surface area contributed by atoms with Gasteiger partial charge in [-0.3, -0.25) is 14.9 Å². The summed E-state index contributed by atoms with van der Waals surface area (Å²) >= 11 is 0. The lowest BCUT2D eigenvalue weighted by atomic mass is 10.1. The Morgan fingerprint density at radius 1 is 1.50 bits per heavy atom. The largest absolute Gasteiger partial charge is 0.314 e. The van der Waals surface area contributed by atoms with Crippen molar-refractivity contribution in [2.24, 2.45) is 0 Å². The fourth-order valence-electron chi connectivity index (χ4n) is 1.64. The Hall–Kier alpha value is -1.91. The number of benzene rings is 1. The van der Waals surface area contributed by atoms with Gasteiger partial charge in [-0.15, -0.1) is 0 Å². The molecule has 0 saturated carbocycles. The minimum absolute atomic E-state index is 0.0801. The van der Waals surface area contributed by atoms with Crippen molar-refractivity contribution in [2.75, 3.05) is 11.4 Å². The normalized spacial score (nSPS) is 13.9. The van der Waals surface area contributed by atoms with E-state index in [0.717, 1.165) is 17.7 Å². The van der Waals surface area contributed by atoms with Crippen LogP contribution in [-0.4, -0.2) is 17.9 Å². The molecule has 1 heterocycles. The molecule has 72 valence electrons. The van der Waals surface area contributed by atoms with Crippen LogP contribution in [0, 0.1) is 10.1 Å². The summed E-state index contributed by atoms with van der Waals surface area (Å²) in [7, 11) is 0. The predicted octanol–water partition coefficient (Wildman–Crippen LogP) is 1.11. The molecular weight excluding hydrogens is 184 g/mol. The van der Waals surface area contributed by atoms with E-state index in [-0.39, 0.29) is 5.69 Å². The molecule has 0 spiro atoms. The van der Waals surface area contributed by atoms with E-state index < -0.39 is 4.92 Å². The van der Waals surface area contributed by atoms with Gasteiger partial charge in [0, 0.05) is 24.4 Å². The molecule has 2 rings (SSSR count). The van der Waals surface area contributed by atoms with Crippen LogP contribution in [0.15, 0.2) is 18.2 Å². The van der Waals surface area contributed by atoms with Crippen LogP contribution in [-0.2, 0) is 11.2 Å². The van der Waals surface area contributed by atoms with E-state index in [0.29, 0.717) is 13.0 Å². The van der Waals surface area contributed by atoms with E-state index in [4.69, 9.17) is 0 Å². The molecule has 0 fully saturated rings. The van der Waals surface area contributed by atoms with Crippen LogP contribution in [0.1, 0.15) is 5.56 Å². The van der Waals surface area contributed by atoms with Gasteiger partial charge in [0.1, 0.15) is 0 Å². The van der Waals surface area contributed by atoms with E-state index in [2.05, 4.69) is 0 Å². The number of hydrogen-bond acceptors (Lipinski definition) is 3. The number of nitro benzene ring substituents is 1. The molecule has 0 bridgehead atoms. The van der Waals surface area contributed by atoms with Crippen molar-refractivity contribution in [1.82, 2.24) is 0 Å². The van der Waals surface area contributed by atoms with E-state index in [1.54, 1.807) is 11.0 Å². The van der Waals surface area contributed by atoms with E-state index >= 15 is 0 Å². The lowest BCUT2D eigenvalue weighted by molar-refractivity contribution is -0.384. The number of rotatable bonds is 2. The van der Waals surface area contributed by atoms with E-state index in [9.17, 15) is 14.9 Å². The zero-order valence-corrected chi connectivity index (χ0v) is 7.34. The first kappa shape index (κ1) is 8.68. The summed E-state index contributed by atoms with van der Waals surface area (Å²) in [5.41, 5.74) is 1.73. The molecule has 1 aliphatic rings. The monoisotopic (exact) mass is 192 g/mol. The maximum absolute atomic E-state index is 10.6. The maximum Gasteiger partial charge on any atom is 0.269 e. The molecule has 1 aliphatic heterocycles. The van der Waals surface area contributed by atoms with Crippen molar-refractivity contribution < 1.29 is 9.72 Å². The van der Waals surface area contributed by atoms with Crippen molar-refractivity contribution in [2.45, 2.75) is 6.42 Å². The van der Waals surface area contributed by atoms with Crippen molar-refractivity contribution in [3.8, 4) is 0 Å². The molecule has 14 heavy (non-hydrogen) atoms. The van der Waals surface area contributed by atoms with Crippen LogP contribution in [0.25, 0.3) is 0 Å². The number of nitrogens with zero attached hydrogens (tertiary/aromatic N) is 2. The molecule has 0 aliphatic carbocycles. The van der Waals surface area contributed by atoms with Gasteiger partial charge >= 0.3 is 0 Å². The second-order valence-electron chi connectivity index (χ2n) is 3.12. The van der Waals surface area contributed by atoms with E-state index in [1.165, 1.54) is 12.1 Å². The average Bonchev–Trinajstić information content (AvgIpc) is 2.59. The molecule has 0 radical (unpaired) electrons. The Balaban J connectivity index is 2.43. The Bertz CT molecular complexity index is 403. The summed E-state index contributed by atoms with van der Waals surface area (Å²) in [5.74, 6) is 0. The highest BCUT2D eigenvalue weighted by Crippen LogP contribution is 2.29. The molecule has 0 N–H and O–H groups in total. The topological polar surface area (TPSA) is 63.5 Å². The summed E-state index contributed by atoms with van der Waals surface area (Å²) in [6, 6.07) is 4.56. The molecule has 0 unspecified atom stereocenters. The van der Waals surface area contributed by atoms with Crippen LogP contribution in [0.3, 0.4) is 0 Å². The second kappa shape index (κ2) is 3.10. The number of hydrogen-bond donors (Lipinski definition) is 0. The van der Waals surface area contributed by atoms with Gasteiger partial charge in [0.2, 0.25) is 6.41 Å². The Morgan fingerprint density at radius 2 is 2.29 bits per heavy atom. The molecule has 0 atom stereocenters. The van der Waals surface area contributed by atoms with Gasteiger partial charge in [-0.1, -0.05) is 0 Å². The molecule has 1 amide bonds. The van der Waals surface area contributed by atoms with Gasteiger partial charge in [-0.2, -0.15) is 0 Å². The molecule has 5 heteroatoms. The average molecular weight is 192 g/mol. The van der Waals surface area contributed by atoms with Crippen molar-refractivity contribution in [3.05, 3.63) is 33.9 Å². The first-order valence-electron chi connectivity index (χ1n) is 4.21. The standard InChI is InChI=1S/C9H8N2O3/c12-6-10-4-3-7-5-8(11(13)14)1-2-9(7)10/h1-2,5-6H,3-4H2. The molecule has 0 aromatic heterocycles. The third-order valence-electron chi connectivity index (χ3n) is 2.33.